The molecule has 0 aromatic carbocycles. The van der Waals surface area contributed by atoms with Crippen molar-refractivity contribution in [2.45, 2.75) is 71.1 Å². The van der Waals surface area contributed by atoms with Gasteiger partial charge in [0.25, 0.3) is 0 Å². The lowest BCUT2D eigenvalue weighted by Gasteiger charge is -2.30. The van der Waals surface area contributed by atoms with E-state index in [4.69, 9.17) is 9.47 Å². The highest BCUT2D eigenvalue weighted by Gasteiger charge is 2.21. The number of carbonyl (C=O) groups is 1. The maximum absolute atomic E-state index is 11.5. The molecule has 1 aliphatic heterocycles. The standard InChI is InChI=1S/C15H30N2O3/c1-5-6-13-11-12(7-10-19-13)16-8-9-17-14(18)20-15(2,3)4/h12-13,16H,5-11H2,1-4H3,(H,17,18). The van der Waals surface area contributed by atoms with Crippen LogP contribution in [0.4, 0.5) is 4.79 Å². The molecule has 0 aromatic heterocycles. The number of ether oxygens (including phenoxy) is 2. The zero-order valence-corrected chi connectivity index (χ0v) is 13.3. The second-order valence-corrected chi connectivity index (χ2v) is 6.39. The first kappa shape index (κ1) is 17.2. The predicted octanol–water partition coefficient (Wildman–Crippen LogP) is 2.45. The summed E-state index contributed by atoms with van der Waals surface area (Å²) in [5, 5.41) is 6.24. The largest absolute Gasteiger partial charge is 0.444 e. The monoisotopic (exact) mass is 286 g/mol. The van der Waals surface area contributed by atoms with Crippen LogP contribution in [-0.2, 0) is 9.47 Å². The van der Waals surface area contributed by atoms with Gasteiger partial charge in [-0.25, -0.2) is 4.79 Å². The molecule has 5 heteroatoms. The van der Waals surface area contributed by atoms with Crippen molar-refractivity contribution in [3.63, 3.8) is 0 Å². The fourth-order valence-electron chi connectivity index (χ4n) is 2.34. The minimum atomic E-state index is -0.439. The average molecular weight is 286 g/mol. The third kappa shape index (κ3) is 7.70. The fraction of sp³-hybridized carbons (Fsp3) is 0.933. The second kappa shape index (κ2) is 8.47. The van der Waals surface area contributed by atoms with Crippen LogP contribution >= 0.6 is 0 Å². The van der Waals surface area contributed by atoms with E-state index >= 15 is 0 Å². The number of nitrogens with one attached hydrogen (secondary N) is 2. The molecule has 5 nitrogen and oxygen atoms in total. The minimum absolute atomic E-state index is 0.352. The molecule has 1 saturated heterocycles. The van der Waals surface area contributed by atoms with Gasteiger partial charge in [-0.2, -0.15) is 0 Å². The molecule has 1 fully saturated rings. The maximum Gasteiger partial charge on any atom is 0.407 e. The van der Waals surface area contributed by atoms with Crippen LogP contribution in [0.2, 0.25) is 0 Å². The molecular weight excluding hydrogens is 256 g/mol. The Balaban J connectivity index is 2.10. The van der Waals surface area contributed by atoms with Gasteiger partial charge in [0, 0.05) is 25.7 Å². The van der Waals surface area contributed by atoms with Crippen LogP contribution in [0.5, 0.6) is 0 Å². The summed E-state index contributed by atoms with van der Waals surface area (Å²) in [6.07, 6.45) is 4.46. The molecule has 0 bridgehead atoms. The lowest BCUT2D eigenvalue weighted by molar-refractivity contribution is -0.00310. The van der Waals surface area contributed by atoms with Crippen molar-refractivity contribution < 1.29 is 14.3 Å². The Morgan fingerprint density at radius 1 is 1.35 bits per heavy atom. The smallest absolute Gasteiger partial charge is 0.407 e. The van der Waals surface area contributed by atoms with E-state index in [0.29, 0.717) is 18.7 Å². The molecule has 0 saturated carbocycles. The van der Waals surface area contributed by atoms with E-state index in [9.17, 15) is 4.79 Å². The SMILES string of the molecule is CCCC1CC(NCCNC(=O)OC(C)(C)C)CCO1. The zero-order chi connectivity index (χ0) is 15.0. The van der Waals surface area contributed by atoms with Crippen molar-refractivity contribution in [3.05, 3.63) is 0 Å². The normalized spacial score (nSPS) is 23.4. The van der Waals surface area contributed by atoms with Gasteiger partial charge in [-0.1, -0.05) is 13.3 Å². The van der Waals surface area contributed by atoms with Gasteiger partial charge in [-0.05, 0) is 40.0 Å². The van der Waals surface area contributed by atoms with Gasteiger partial charge in [-0.15, -0.1) is 0 Å². The fourth-order valence-corrected chi connectivity index (χ4v) is 2.34. The highest BCUT2D eigenvalue weighted by atomic mass is 16.6. The molecule has 0 radical (unpaired) electrons. The van der Waals surface area contributed by atoms with Crippen LogP contribution in [0.25, 0.3) is 0 Å². The molecule has 20 heavy (non-hydrogen) atoms. The van der Waals surface area contributed by atoms with Crippen molar-refractivity contribution >= 4 is 6.09 Å². The number of alkyl carbamates (subject to hydrolysis) is 1. The molecule has 1 rings (SSSR count). The molecule has 1 aliphatic rings. The third-order valence-electron chi connectivity index (χ3n) is 3.20. The van der Waals surface area contributed by atoms with Gasteiger partial charge in [-0.3, -0.25) is 0 Å². The van der Waals surface area contributed by atoms with Crippen molar-refractivity contribution in [1.82, 2.24) is 10.6 Å². The van der Waals surface area contributed by atoms with Gasteiger partial charge in [0.15, 0.2) is 0 Å². The maximum atomic E-state index is 11.5. The van der Waals surface area contributed by atoms with Gasteiger partial charge in [0.2, 0.25) is 0 Å². The molecule has 2 N–H and O–H groups in total. The van der Waals surface area contributed by atoms with E-state index in [1.807, 2.05) is 20.8 Å². The summed E-state index contributed by atoms with van der Waals surface area (Å²) in [6, 6.07) is 0.501. The highest BCUT2D eigenvalue weighted by Crippen LogP contribution is 2.17. The Bertz CT molecular complexity index is 287. The van der Waals surface area contributed by atoms with Crippen molar-refractivity contribution in [1.29, 1.82) is 0 Å². The summed E-state index contributed by atoms with van der Waals surface area (Å²) in [4.78, 5) is 11.5. The molecule has 0 aromatic rings. The van der Waals surface area contributed by atoms with Crippen LogP contribution < -0.4 is 10.6 Å². The molecular formula is C15H30N2O3. The van der Waals surface area contributed by atoms with Gasteiger partial charge >= 0.3 is 6.09 Å². The van der Waals surface area contributed by atoms with Crippen LogP contribution in [-0.4, -0.2) is 43.5 Å². The minimum Gasteiger partial charge on any atom is -0.444 e. The van der Waals surface area contributed by atoms with Crippen molar-refractivity contribution in [3.8, 4) is 0 Å². The van der Waals surface area contributed by atoms with Crippen LogP contribution in [0.15, 0.2) is 0 Å². The van der Waals surface area contributed by atoms with Gasteiger partial charge in [0.1, 0.15) is 5.60 Å². The molecule has 0 aliphatic carbocycles. The molecule has 2 atom stereocenters. The first-order chi connectivity index (χ1) is 9.40. The molecule has 1 heterocycles. The lowest BCUT2D eigenvalue weighted by Crippen LogP contribution is -2.43. The molecule has 0 spiro atoms. The summed E-state index contributed by atoms with van der Waals surface area (Å²) < 4.78 is 10.9. The third-order valence-corrected chi connectivity index (χ3v) is 3.20. The number of carbonyl (C=O) groups excluding carboxylic acids is 1. The van der Waals surface area contributed by atoms with Crippen LogP contribution in [0.3, 0.4) is 0 Å². The Morgan fingerprint density at radius 2 is 2.10 bits per heavy atom. The topological polar surface area (TPSA) is 59.6 Å². The summed E-state index contributed by atoms with van der Waals surface area (Å²) >= 11 is 0. The number of hydrogen-bond acceptors (Lipinski definition) is 4. The van der Waals surface area contributed by atoms with Crippen LogP contribution in [0, 0.1) is 0 Å². The molecule has 1 amide bonds. The van der Waals surface area contributed by atoms with E-state index in [1.165, 1.54) is 0 Å². The molecule has 118 valence electrons. The zero-order valence-electron chi connectivity index (χ0n) is 13.3. The number of hydrogen-bond donors (Lipinski definition) is 2. The first-order valence-electron chi connectivity index (χ1n) is 7.72. The summed E-state index contributed by atoms with van der Waals surface area (Å²) in [7, 11) is 0. The Labute approximate surface area is 122 Å². The summed E-state index contributed by atoms with van der Waals surface area (Å²) in [5.74, 6) is 0. The van der Waals surface area contributed by atoms with Crippen molar-refractivity contribution in [2.75, 3.05) is 19.7 Å². The summed E-state index contributed by atoms with van der Waals surface area (Å²) in [6.45, 7) is 9.96. The van der Waals surface area contributed by atoms with Gasteiger partial charge in [0.05, 0.1) is 6.10 Å². The Hall–Kier alpha value is -0.810. The van der Waals surface area contributed by atoms with E-state index in [2.05, 4.69) is 17.6 Å². The highest BCUT2D eigenvalue weighted by molar-refractivity contribution is 5.67. The Kier molecular flexibility index (Phi) is 7.30. The van der Waals surface area contributed by atoms with Crippen molar-refractivity contribution in [2.24, 2.45) is 0 Å². The first-order valence-corrected chi connectivity index (χ1v) is 7.72. The van der Waals surface area contributed by atoms with E-state index < -0.39 is 5.60 Å². The van der Waals surface area contributed by atoms with E-state index in [0.717, 1.165) is 38.8 Å². The van der Waals surface area contributed by atoms with E-state index in [-0.39, 0.29) is 6.09 Å². The average Bonchev–Trinajstić information content (AvgIpc) is 2.33. The Morgan fingerprint density at radius 3 is 2.75 bits per heavy atom. The number of rotatable bonds is 6. The van der Waals surface area contributed by atoms with Gasteiger partial charge < -0.3 is 20.1 Å². The van der Waals surface area contributed by atoms with Crippen LogP contribution in [0.1, 0.15) is 53.4 Å². The lowest BCUT2D eigenvalue weighted by atomic mass is 10.0. The second-order valence-electron chi connectivity index (χ2n) is 6.39. The number of amides is 1. The van der Waals surface area contributed by atoms with E-state index in [1.54, 1.807) is 0 Å². The predicted molar refractivity (Wildman–Crippen MR) is 79.9 cm³/mol. The summed E-state index contributed by atoms with van der Waals surface area (Å²) in [5.41, 5.74) is -0.439. The molecule has 2 unspecified atom stereocenters. The quantitative estimate of drug-likeness (QED) is 0.736.